The molecule has 1 heterocycles. The van der Waals surface area contributed by atoms with Gasteiger partial charge in [-0.25, -0.2) is 0 Å². The van der Waals surface area contributed by atoms with Crippen LogP contribution >= 0.6 is 0 Å². The van der Waals surface area contributed by atoms with Gasteiger partial charge in [0, 0.05) is 23.5 Å². The van der Waals surface area contributed by atoms with Gasteiger partial charge in [0.25, 0.3) is 0 Å². The number of hydrogen-bond acceptors (Lipinski definition) is 4. The molecule has 0 aliphatic carbocycles. The Morgan fingerprint density at radius 2 is 0.478 bits per heavy atom. The average molecular weight is 597 g/mol. The van der Waals surface area contributed by atoms with Gasteiger partial charge < -0.3 is 9.47 Å². The van der Waals surface area contributed by atoms with E-state index >= 15 is 0 Å². The molecule has 4 heteroatoms. The molecule has 0 atom stereocenters. The summed E-state index contributed by atoms with van der Waals surface area (Å²) >= 11 is 0. The van der Waals surface area contributed by atoms with Crippen LogP contribution in [0.5, 0.6) is 11.5 Å². The molecular weight excluding hydrogens is 564 g/mol. The van der Waals surface area contributed by atoms with Crippen LogP contribution in [0.1, 0.15) is 0 Å². The summed E-state index contributed by atoms with van der Waals surface area (Å²) in [7, 11) is 3.37. The van der Waals surface area contributed by atoms with Gasteiger partial charge in [0.15, 0.2) is 0 Å². The van der Waals surface area contributed by atoms with Crippen molar-refractivity contribution in [2.75, 3.05) is 14.2 Å². The molecule has 0 aliphatic heterocycles. The Kier molecular flexibility index (Phi) is 8.08. The summed E-state index contributed by atoms with van der Waals surface area (Å²) in [4.78, 5) is 9.47. The number of ether oxygens (including phenoxy) is 2. The SMILES string of the molecule is COc1ccc(-c2ccc(-c3ccc(-c4nccnc4-c4ccc(-c5ccc(-c6ccc(OC)cc6)cc5)cc4)cc3)cc2)cc1. The van der Waals surface area contributed by atoms with Gasteiger partial charge in [0.05, 0.1) is 25.6 Å². The molecule has 7 rings (SSSR count). The van der Waals surface area contributed by atoms with Gasteiger partial charge in [-0.3, -0.25) is 9.97 Å². The summed E-state index contributed by atoms with van der Waals surface area (Å²) in [6.45, 7) is 0. The summed E-state index contributed by atoms with van der Waals surface area (Å²) in [6.07, 6.45) is 3.51. The highest BCUT2D eigenvalue weighted by Gasteiger charge is 2.12. The third-order valence-corrected chi connectivity index (χ3v) is 8.30. The van der Waals surface area contributed by atoms with Crippen LogP contribution in [0.15, 0.2) is 158 Å². The van der Waals surface area contributed by atoms with E-state index in [2.05, 4.69) is 121 Å². The molecule has 0 saturated carbocycles. The van der Waals surface area contributed by atoms with Crippen molar-refractivity contribution in [3.8, 4) is 78.5 Å². The van der Waals surface area contributed by atoms with Crippen molar-refractivity contribution in [2.45, 2.75) is 0 Å². The Morgan fingerprint density at radius 3 is 0.696 bits per heavy atom. The summed E-state index contributed by atoms with van der Waals surface area (Å²) in [5.74, 6) is 1.71. The van der Waals surface area contributed by atoms with Crippen molar-refractivity contribution < 1.29 is 9.47 Å². The van der Waals surface area contributed by atoms with E-state index in [1.165, 1.54) is 11.1 Å². The second-order valence-electron chi connectivity index (χ2n) is 11.0. The highest BCUT2D eigenvalue weighted by Crippen LogP contribution is 2.33. The van der Waals surface area contributed by atoms with E-state index in [1.54, 1.807) is 26.6 Å². The Balaban J connectivity index is 1.08. The van der Waals surface area contributed by atoms with Gasteiger partial charge in [-0.1, -0.05) is 121 Å². The summed E-state index contributed by atoms with van der Waals surface area (Å²) < 4.78 is 10.6. The van der Waals surface area contributed by atoms with Crippen LogP contribution in [0, 0.1) is 0 Å². The number of rotatable bonds is 8. The van der Waals surface area contributed by atoms with Crippen LogP contribution < -0.4 is 9.47 Å². The van der Waals surface area contributed by atoms with Crippen molar-refractivity contribution in [3.63, 3.8) is 0 Å². The number of hydrogen-bond donors (Lipinski definition) is 0. The zero-order valence-corrected chi connectivity index (χ0v) is 25.7. The molecule has 6 aromatic carbocycles. The fraction of sp³-hybridized carbons (Fsp3) is 0.0476. The zero-order valence-electron chi connectivity index (χ0n) is 25.7. The van der Waals surface area contributed by atoms with Gasteiger partial charge in [-0.2, -0.15) is 0 Å². The average Bonchev–Trinajstić information content (AvgIpc) is 3.15. The lowest BCUT2D eigenvalue weighted by atomic mass is 9.97. The Morgan fingerprint density at radius 1 is 0.283 bits per heavy atom. The van der Waals surface area contributed by atoms with E-state index in [9.17, 15) is 0 Å². The fourth-order valence-electron chi connectivity index (χ4n) is 5.68. The maximum absolute atomic E-state index is 5.29. The predicted molar refractivity (Wildman–Crippen MR) is 188 cm³/mol. The first-order valence-corrected chi connectivity index (χ1v) is 15.2. The Labute approximate surface area is 269 Å². The third-order valence-electron chi connectivity index (χ3n) is 8.30. The molecule has 0 aliphatic rings. The first-order chi connectivity index (χ1) is 22.7. The molecule has 0 amide bonds. The lowest BCUT2D eigenvalue weighted by molar-refractivity contribution is 0.415. The van der Waals surface area contributed by atoms with Crippen LogP contribution in [0.25, 0.3) is 67.0 Å². The fourth-order valence-corrected chi connectivity index (χ4v) is 5.68. The second-order valence-corrected chi connectivity index (χ2v) is 11.0. The maximum Gasteiger partial charge on any atom is 0.118 e. The molecule has 7 aromatic rings. The first kappa shape index (κ1) is 28.8. The topological polar surface area (TPSA) is 44.2 Å². The smallest absolute Gasteiger partial charge is 0.118 e. The molecule has 4 nitrogen and oxygen atoms in total. The van der Waals surface area contributed by atoms with Gasteiger partial charge in [0.1, 0.15) is 11.5 Å². The minimum absolute atomic E-state index is 0.857. The van der Waals surface area contributed by atoms with Crippen molar-refractivity contribution in [3.05, 3.63) is 158 Å². The lowest BCUT2D eigenvalue weighted by Crippen LogP contribution is -1.92. The summed E-state index contributed by atoms with van der Waals surface area (Å²) in [5.41, 5.74) is 13.1. The number of benzene rings is 6. The number of aromatic nitrogens is 2. The monoisotopic (exact) mass is 596 g/mol. The zero-order chi connectivity index (χ0) is 31.3. The highest BCUT2D eigenvalue weighted by atomic mass is 16.5. The third kappa shape index (κ3) is 6.01. The van der Waals surface area contributed by atoms with Gasteiger partial charge in [0.2, 0.25) is 0 Å². The minimum atomic E-state index is 0.857. The normalized spacial score (nSPS) is 10.8. The van der Waals surface area contributed by atoms with E-state index in [0.717, 1.165) is 67.4 Å². The largest absolute Gasteiger partial charge is 0.497 e. The predicted octanol–water partition coefficient (Wildman–Crippen LogP) is 10.5. The van der Waals surface area contributed by atoms with Crippen molar-refractivity contribution in [1.29, 1.82) is 0 Å². The molecule has 0 bridgehead atoms. The molecule has 0 unspecified atom stereocenters. The Hall–Kier alpha value is -6.00. The molecule has 0 fully saturated rings. The van der Waals surface area contributed by atoms with Crippen molar-refractivity contribution >= 4 is 0 Å². The number of methoxy groups -OCH3 is 2. The van der Waals surface area contributed by atoms with Crippen molar-refractivity contribution in [2.24, 2.45) is 0 Å². The molecule has 0 spiro atoms. The van der Waals surface area contributed by atoms with E-state index in [0.29, 0.717) is 0 Å². The maximum atomic E-state index is 5.29. The van der Waals surface area contributed by atoms with Crippen LogP contribution in [0.4, 0.5) is 0 Å². The van der Waals surface area contributed by atoms with Crippen LogP contribution in [0.3, 0.4) is 0 Å². The van der Waals surface area contributed by atoms with Gasteiger partial charge in [-0.15, -0.1) is 0 Å². The molecular formula is C42H32N2O2. The van der Waals surface area contributed by atoms with E-state index < -0.39 is 0 Å². The molecule has 46 heavy (non-hydrogen) atoms. The Bertz CT molecular complexity index is 1900. The number of nitrogens with zero attached hydrogens (tertiary/aromatic N) is 2. The minimum Gasteiger partial charge on any atom is -0.497 e. The second kappa shape index (κ2) is 12.9. The van der Waals surface area contributed by atoms with E-state index in [4.69, 9.17) is 19.4 Å². The highest BCUT2D eigenvalue weighted by molar-refractivity contribution is 5.81. The molecule has 0 radical (unpaired) electrons. The van der Waals surface area contributed by atoms with E-state index in [-0.39, 0.29) is 0 Å². The van der Waals surface area contributed by atoms with Crippen LogP contribution in [0.2, 0.25) is 0 Å². The van der Waals surface area contributed by atoms with Gasteiger partial charge >= 0.3 is 0 Å². The van der Waals surface area contributed by atoms with Crippen LogP contribution in [-0.2, 0) is 0 Å². The van der Waals surface area contributed by atoms with Crippen LogP contribution in [-0.4, -0.2) is 24.2 Å². The van der Waals surface area contributed by atoms with Gasteiger partial charge in [-0.05, 0) is 68.8 Å². The summed E-state index contributed by atoms with van der Waals surface area (Å²) in [6, 6.07) is 50.6. The van der Waals surface area contributed by atoms with E-state index in [1.807, 2.05) is 24.3 Å². The lowest BCUT2D eigenvalue weighted by Gasteiger charge is -2.11. The summed E-state index contributed by atoms with van der Waals surface area (Å²) in [5, 5.41) is 0. The van der Waals surface area contributed by atoms with Crippen molar-refractivity contribution in [1.82, 2.24) is 9.97 Å². The molecule has 222 valence electrons. The molecule has 0 N–H and O–H groups in total. The molecule has 0 saturated heterocycles. The molecule has 1 aromatic heterocycles. The standard InChI is InChI=1S/C42H32N2O2/c1-45-39-23-19-35(20-24-39)31-7-3-29(4-8-31)33-11-15-37(16-12-33)41-42(44-28-27-43-41)38-17-13-34(14-18-38)30-5-9-32(10-6-30)36-21-25-40(46-2)26-22-36/h3-28H,1-2H3. The first-order valence-electron chi connectivity index (χ1n) is 15.2. The quantitative estimate of drug-likeness (QED) is 0.175.